The zero-order chi connectivity index (χ0) is 22.9. The van der Waals surface area contributed by atoms with Crippen LogP contribution in [0.4, 0.5) is 0 Å². The Hall–Kier alpha value is -2.58. The number of ether oxygens (including phenoxy) is 5. The molecule has 34 heavy (non-hydrogen) atoms. The second-order valence-electron chi connectivity index (χ2n) is 8.90. The second-order valence-corrected chi connectivity index (χ2v) is 9.31. The third-order valence-corrected chi connectivity index (χ3v) is 6.90. The van der Waals surface area contributed by atoms with Gasteiger partial charge >= 0.3 is 0 Å². The van der Waals surface area contributed by atoms with E-state index in [-0.39, 0.29) is 19.5 Å². The predicted octanol–water partition coefficient (Wildman–Crippen LogP) is 4.19. The quantitative estimate of drug-likeness (QED) is 0.541. The summed E-state index contributed by atoms with van der Waals surface area (Å²) < 4.78 is 28.4. The van der Waals surface area contributed by atoms with Crippen molar-refractivity contribution in [1.82, 2.24) is 10.3 Å². The lowest BCUT2D eigenvalue weighted by molar-refractivity contribution is -0.0864. The number of nitrogens with zero attached hydrogens (tertiary/aromatic N) is 1. The van der Waals surface area contributed by atoms with Gasteiger partial charge in [0, 0.05) is 35.7 Å². The zero-order valence-electron chi connectivity index (χ0n) is 18.9. The summed E-state index contributed by atoms with van der Waals surface area (Å²) in [6, 6.07) is 10.3. The van der Waals surface area contributed by atoms with Crippen LogP contribution in [0.25, 0.3) is 10.9 Å². The minimum absolute atomic E-state index is 0.0576. The molecular weight excluding hydrogens is 456 g/mol. The van der Waals surface area contributed by atoms with Gasteiger partial charge in [-0.1, -0.05) is 11.6 Å². The highest BCUT2D eigenvalue weighted by Crippen LogP contribution is 2.37. The monoisotopic (exact) mass is 482 g/mol. The van der Waals surface area contributed by atoms with E-state index in [9.17, 15) is 0 Å². The van der Waals surface area contributed by atoms with Crippen molar-refractivity contribution < 1.29 is 23.7 Å². The van der Waals surface area contributed by atoms with Gasteiger partial charge in [0.25, 0.3) is 0 Å². The molecule has 0 spiro atoms. The summed E-state index contributed by atoms with van der Waals surface area (Å²) in [6.07, 6.45) is 3.51. The van der Waals surface area contributed by atoms with Crippen LogP contribution in [0.5, 0.6) is 17.4 Å². The SMILES string of the molecule is Clc1cc2c(cc1COc1nc3cc4c(cc3cc1CNCC1COCCO1)CCC4)OCO2. The average molecular weight is 483 g/mol. The van der Waals surface area contributed by atoms with Crippen molar-refractivity contribution in [2.75, 3.05) is 33.2 Å². The normalized spacial score (nSPS) is 18.9. The van der Waals surface area contributed by atoms with E-state index in [1.54, 1.807) is 6.07 Å². The van der Waals surface area contributed by atoms with Crippen molar-refractivity contribution in [3.63, 3.8) is 0 Å². The smallest absolute Gasteiger partial charge is 0.231 e. The van der Waals surface area contributed by atoms with Crippen molar-refractivity contribution in [3.8, 4) is 17.4 Å². The summed E-state index contributed by atoms with van der Waals surface area (Å²) in [4.78, 5) is 4.92. The van der Waals surface area contributed by atoms with Crippen molar-refractivity contribution in [3.05, 3.63) is 57.6 Å². The van der Waals surface area contributed by atoms with Gasteiger partial charge in [0.2, 0.25) is 12.7 Å². The maximum absolute atomic E-state index is 6.47. The van der Waals surface area contributed by atoms with Gasteiger partial charge in [-0.25, -0.2) is 4.98 Å². The largest absolute Gasteiger partial charge is 0.472 e. The molecule has 1 aromatic heterocycles. The molecule has 1 saturated heterocycles. The van der Waals surface area contributed by atoms with Crippen LogP contribution in [0.15, 0.2) is 30.3 Å². The third-order valence-electron chi connectivity index (χ3n) is 6.55. The number of aromatic nitrogens is 1. The average Bonchev–Trinajstić information content (AvgIpc) is 3.50. The fourth-order valence-corrected chi connectivity index (χ4v) is 4.97. The maximum atomic E-state index is 6.47. The number of pyridine rings is 1. The highest BCUT2D eigenvalue weighted by atomic mass is 35.5. The first-order chi connectivity index (χ1) is 16.7. The van der Waals surface area contributed by atoms with E-state index >= 15 is 0 Å². The number of benzene rings is 2. The Balaban J connectivity index is 1.25. The molecule has 0 radical (unpaired) electrons. The highest BCUT2D eigenvalue weighted by Gasteiger charge is 2.19. The van der Waals surface area contributed by atoms with Crippen molar-refractivity contribution >= 4 is 22.5 Å². The van der Waals surface area contributed by atoms with Crippen LogP contribution in [0, 0.1) is 0 Å². The predicted molar refractivity (Wildman–Crippen MR) is 128 cm³/mol. The van der Waals surface area contributed by atoms with E-state index in [1.165, 1.54) is 17.5 Å². The summed E-state index contributed by atoms with van der Waals surface area (Å²) in [5.41, 5.74) is 5.61. The molecule has 178 valence electrons. The number of aryl methyl sites for hydroxylation is 2. The standard InChI is InChI=1S/C26H27ClN2O5/c27-22-10-25-24(33-15-34-25)9-20(22)13-32-26-19(11-28-12-21-14-30-4-5-31-21)7-18-6-16-2-1-3-17(16)8-23(18)29-26/h6-10,21,28H,1-5,11-15H2. The Morgan fingerprint density at radius 2 is 1.85 bits per heavy atom. The van der Waals surface area contributed by atoms with Crippen LogP contribution in [0.2, 0.25) is 5.02 Å². The van der Waals surface area contributed by atoms with Crippen LogP contribution in [0.1, 0.15) is 28.7 Å². The Labute approximate surface area is 203 Å². The van der Waals surface area contributed by atoms with Crippen molar-refractivity contribution in [2.45, 2.75) is 38.5 Å². The zero-order valence-corrected chi connectivity index (χ0v) is 19.7. The Kier molecular flexibility index (Phi) is 6.18. The van der Waals surface area contributed by atoms with Crippen LogP contribution >= 0.6 is 11.6 Å². The first kappa shape index (κ1) is 21.9. The molecule has 7 nitrogen and oxygen atoms in total. The van der Waals surface area contributed by atoms with Gasteiger partial charge < -0.3 is 29.0 Å². The van der Waals surface area contributed by atoms with E-state index in [2.05, 4.69) is 23.5 Å². The number of fused-ring (bicyclic) bond motifs is 3. The fourth-order valence-electron chi connectivity index (χ4n) is 4.76. The lowest BCUT2D eigenvalue weighted by atomic mass is 10.0. The maximum Gasteiger partial charge on any atom is 0.231 e. The minimum Gasteiger partial charge on any atom is -0.472 e. The molecule has 0 saturated carbocycles. The topological polar surface area (TPSA) is 71.1 Å². The minimum atomic E-state index is 0.0576. The van der Waals surface area contributed by atoms with Gasteiger partial charge in [0.05, 0.1) is 36.5 Å². The Morgan fingerprint density at radius 3 is 2.71 bits per heavy atom. The van der Waals surface area contributed by atoms with Gasteiger partial charge in [-0.2, -0.15) is 0 Å². The van der Waals surface area contributed by atoms with E-state index < -0.39 is 0 Å². The van der Waals surface area contributed by atoms with Crippen molar-refractivity contribution in [2.24, 2.45) is 0 Å². The lowest BCUT2D eigenvalue weighted by Crippen LogP contribution is -2.37. The third kappa shape index (κ3) is 4.53. The molecule has 3 aromatic rings. The number of halogens is 1. The second kappa shape index (κ2) is 9.58. The number of hydrogen-bond acceptors (Lipinski definition) is 7. The van der Waals surface area contributed by atoms with Crippen molar-refractivity contribution in [1.29, 1.82) is 0 Å². The molecule has 1 aliphatic carbocycles. The molecule has 6 rings (SSSR count). The lowest BCUT2D eigenvalue weighted by Gasteiger charge is -2.23. The molecule has 1 fully saturated rings. The van der Waals surface area contributed by atoms with Gasteiger partial charge in [-0.15, -0.1) is 0 Å². The molecule has 8 heteroatoms. The summed E-state index contributed by atoms with van der Waals surface area (Å²) in [5, 5.41) is 5.21. The summed E-state index contributed by atoms with van der Waals surface area (Å²) in [5.74, 6) is 1.94. The van der Waals surface area contributed by atoms with E-state index in [0.29, 0.717) is 55.3 Å². The number of rotatable bonds is 7. The Morgan fingerprint density at radius 1 is 1.00 bits per heavy atom. The fraction of sp³-hybridized carbons (Fsp3) is 0.423. The van der Waals surface area contributed by atoms with Crippen LogP contribution < -0.4 is 19.5 Å². The molecule has 0 amide bonds. The van der Waals surface area contributed by atoms with Crippen LogP contribution in [-0.4, -0.2) is 44.2 Å². The molecule has 1 N–H and O–H groups in total. The van der Waals surface area contributed by atoms with Gasteiger partial charge in [0.1, 0.15) is 6.61 Å². The molecule has 1 unspecified atom stereocenters. The highest BCUT2D eigenvalue weighted by molar-refractivity contribution is 6.31. The number of hydrogen-bond donors (Lipinski definition) is 1. The molecular formula is C26H27ClN2O5. The van der Waals surface area contributed by atoms with E-state index in [4.69, 9.17) is 40.3 Å². The first-order valence-electron chi connectivity index (χ1n) is 11.8. The number of nitrogens with one attached hydrogen (secondary N) is 1. The first-order valence-corrected chi connectivity index (χ1v) is 12.2. The van der Waals surface area contributed by atoms with Crippen LogP contribution in [-0.2, 0) is 35.5 Å². The summed E-state index contributed by atoms with van der Waals surface area (Å²) in [7, 11) is 0. The molecule has 3 heterocycles. The van der Waals surface area contributed by atoms with Gasteiger partial charge in [-0.05, 0) is 54.7 Å². The summed E-state index contributed by atoms with van der Waals surface area (Å²) in [6.45, 7) is 3.72. The Bertz CT molecular complexity index is 1210. The molecule has 1 atom stereocenters. The van der Waals surface area contributed by atoms with Crippen LogP contribution in [0.3, 0.4) is 0 Å². The molecule has 2 aliphatic heterocycles. The van der Waals surface area contributed by atoms with Gasteiger partial charge in [-0.3, -0.25) is 0 Å². The molecule has 3 aliphatic rings. The summed E-state index contributed by atoms with van der Waals surface area (Å²) >= 11 is 6.47. The van der Waals surface area contributed by atoms with E-state index in [0.717, 1.165) is 34.9 Å². The molecule has 0 bridgehead atoms. The van der Waals surface area contributed by atoms with E-state index in [1.807, 2.05) is 6.07 Å². The van der Waals surface area contributed by atoms with Gasteiger partial charge in [0.15, 0.2) is 11.5 Å². The molecule has 2 aromatic carbocycles.